The van der Waals surface area contributed by atoms with Crippen LogP contribution in [0.25, 0.3) is 0 Å². The standard InChI is InChI=1S/C19H21N3O/c23-18-19(8-10-21-18)14-22(12-15-5-4-9-20-11-15)13-17(19)16-6-2-1-3-7-16/h1-7,9,11,17H,8,10,12-14H2,(H,21,23)/t17-,19+/m0/s1. The second-order valence-electron chi connectivity index (χ2n) is 6.66. The van der Waals surface area contributed by atoms with E-state index < -0.39 is 0 Å². The van der Waals surface area contributed by atoms with Crippen molar-refractivity contribution in [1.82, 2.24) is 15.2 Å². The van der Waals surface area contributed by atoms with E-state index in [2.05, 4.69) is 45.5 Å². The molecule has 1 aromatic heterocycles. The molecule has 0 aliphatic carbocycles. The first kappa shape index (κ1) is 14.4. The molecule has 2 aliphatic heterocycles. The van der Waals surface area contributed by atoms with Gasteiger partial charge >= 0.3 is 0 Å². The van der Waals surface area contributed by atoms with Crippen molar-refractivity contribution in [2.45, 2.75) is 18.9 Å². The summed E-state index contributed by atoms with van der Waals surface area (Å²) in [5, 5.41) is 3.06. The summed E-state index contributed by atoms with van der Waals surface area (Å²) >= 11 is 0. The summed E-state index contributed by atoms with van der Waals surface area (Å²) in [4.78, 5) is 19.2. The number of likely N-dealkylation sites (tertiary alicyclic amines) is 1. The molecule has 2 saturated heterocycles. The Morgan fingerprint density at radius 3 is 2.78 bits per heavy atom. The Hall–Kier alpha value is -2.20. The van der Waals surface area contributed by atoms with E-state index in [1.54, 1.807) is 6.20 Å². The number of pyridine rings is 1. The molecule has 1 amide bonds. The fourth-order valence-corrected chi connectivity index (χ4v) is 4.16. The Morgan fingerprint density at radius 1 is 1.22 bits per heavy atom. The van der Waals surface area contributed by atoms with Crippen molar-refractivity contribution >= 4 is 5.91 Å². The van der Waals surface area contributed by atoms with Gasteiger partial charge in [-0.25, -0.2) is 0 Å². The van der Waals surface area contributed by atoms with Crippen LogP contribution < -0.4 is 5.32 Å². The summed E-state index contributed by atoms with van der Waals surface area (Å²) in [6.45, 7) is 3.40. The zero-order valence-electron chi connectivity index (χ0n) is 13.1. The van der Waals surface area contributed by atoms with Crippen LogP contribution in [0.3, 0.4) is 0 Å². The zero-order valence-corrected chi connectivity index (χ0v) is 13.1. The summed E-state index contributed by atoms with van der Waals surface area (Å²) < 4.78 is 0. The molecular formula is C19H21N3O. The van der Waals surface area contributed by atoms with Gasteiger partial charge in [0.2, 0.25) is 5.91 Å². The van der Waals surface area contributed by atoms with Crippen LogP contribution in [0.15, 0.2) is 54.9 Å². The molecule has 1 spiro atoms. The molecule has 2 aliphatic rings. The van der Waals surface area contributed by atoms with E-state index in [9.17, 15) is 4.79 Å². The van der Waals surface area contributed by atoms with Gasteiger partial charge < -0.3 is 5.32 Å². The predicted octanol–water partition coefficient (Wildman–Crippen LogP) is 2.19. The molecule has 2 atom stereocenters. The van der Waals surface area contributed by atoms with E-state index >= 15 is 0 Å². The number of aromatic nitrogens is 1. The number of nitrogens with one attached hydrogen (secondary N) is 1. The van der Waals surface area contributed by atoms with Gasteiger partial charge in [-0.15, -0.1) is 0 Å². The van der Waals surface area contributed by atoms with E-state index in [1.165, 1.54) is 11.1 Å². The number of amides is 1. The highest BCUT2D eigenvalue weighted by atomic mass is 16.2. The molecule has 0 unspecified atom stereocenters. The first-order valence-electron chi connectivity index (χ1n) is 8.22. The Bertz CT molecular complexity index is 688. The van der Waals surface area contributed by atoms with Crippen LogP contribution in [-0.2, 0) is 11.3 Å². The van der Waals surface area contributed by atoms with Crippen molar-refractivity contribution in [3.63, 3.8) is 0 Å². The van der Waals surface area contributed by atoms with E-state index in [0.717, 1.165) is 32.6 Å². The molecule has 1 N–H and O–H groups in total. The minimum absolute atomic E-state index is 0.222. The highest BCUT2D eigenvalue weighted by molar-refractivity contribution is 5.86. The minimum atomic E-state index is -0.274. The summed E-state index contributed by atoms with van der Waals surface area (Å²) in [7, 11) is 0. The van der Waals surface area contributed by atoms with Gasteiger partial charge in [-0.2, -0.15) is 0 Å². The van der Waals surface area contributed by atoms with E-state index in [4.69, 9.17) is 0 Å². The minimum Gasteiger partial charge on any atom is -0.356 e. The van der Waals surface area contributed by atoms with Gasteiger partial charge in [-0.05, 0) is 23.6 Å². The maximum absolute atomic E-state index is 12.6. The van der Waals surface area contributed by atoms with E-state index in [0.29, 0.717) is 0 Å². The number of carbonyl (C=O) groups excluding carboxylic acids is 1. The number of hydrogen-bond acceptors (Lipinski definition) is 3. The Labute approximate surface area is 136 Å². The van der Waals surface area contributed by atoms with Crippen LogP contribution in [0.4, 0.5) is 0 Å². The lowest BCUT2D eigenvalue weighted by Crippen LogP contribution is -2.37. The van der Waals surface area contributed by atoms with Crippen LogP contribution in [0.5, 0.6) is 0 Å². The molecule has 2 fully saturated rings. The molecule has 23 heavy (non-hydrogen) atoms. The highest BCUT2D eigenvalue weighted by Gasteiger charge is 2.54. The lowest BCUT2D eigenvalue weighted by atomic mass is 9.73. The van der Waals surface area contributed by atoms with Crippen molar-refractivity contribution in [1.29, 1.82) is 0 Å². The summed E-state index contributed by atoms with van der Waals surface area (Å²) in [6.07, 6.45) is 4.64. The number of carbonyl (C=O) groups is 1. The number of rotatable bonds is 3. The van der Waals surface area contributed by atoms with Crippen LogP contribution in [0.1, 0.15) is 23.5 Å². The average molecular weight is 307 g/mol. The maximum atomic E-state index is 12.6. The van der Waals surface area contributed by atoms with Crippen LogP contribution >= 0.6 is 0 Å². The Kier molecular flexibility index (Phi) is 3.62. The lowest BCUT2D eigenvalue weighted by molar-refractivity contribution is -0.127. The molecule has 2 aromatic rings. The van der Waals surface area contributed by atoms with Crippen molar-refractivity contribution in [3.8, 4) is 0 Å². The van der Waals surface area contributed by atoms with Crippen LogP contribution in [0.2, 0.25) is 0 Å². The maximum Gasteiger partial charge on any atom is 0.228 e. The second kappa shape index (κ2) is 5.78. The molecule has 4 heteroatoms. The molecule has 0 saturated carbocycles. The summed E-state index contributed by atoms with van der Waals surface area (Å²) in [5.41, 5.74) is 2.21. The summed E-state index contributed by atoms with van der Waals surface area (Å²) in [6, 6.07) is 14.6. The van der Waals surface area contributed by atoms with Crippen LogP contribution in [-0.4, -0.2) is 35.4 Å². The Morgan fingerprint density at radius 2 is 2.09 bits per heavy atom. The molecular weight excluding hydrogens is 286 g/mol. The fourth-order valence-electron chi connectivity index (χ4n) is 4.16. The van der Waals surface area contributed by atoms with Crippen molar-refractivity contribution in [2.75, 3.05) is 19.6 Å². The second-order valence-corrected chi connectivity index (χ2v) is 6.66. The van der Waals surface area contributed by atoms with Gasteiger partial charge in [-0.1, -0.05) is 36.4 Å². The third-order valence-corrected chi connectivity index (χ3v) is 5.25. The van der Waals surface area contributed by atoms with Crippen molar-refractivity contribution < 1.29 is 4.79 Å². The average Bonchev–Trinajstić information content (AvgIpc) is 3.14. The van der Waals surface area contributed by atoms with Gasteiger partial charge in [0.25, 0.3) is 0 Å². The number of benzene rings is 1. The van der Waals surface area contributed by atoms with Gasteiger partial charge in [0, 0.05) is 44.5 Å². The molecule has 118 valence electrons. The SMILES string of the molecule is O=C1NCC[C@]12CN(Cc1cccnc1)C[C@H]2c1ccccc1. The largest absolute Gasteiger partial charge is 0.356 e. The predicted molar refractivity (Wildman–Crippen MR) is 88.8 cm³/mol. The Balaban J connectivity index is 1.63. The van der Waals surface area contributed by atoms with Gasteiger partial charge in [0.05, 0.1) is 5.41 Å². The third kappa shape index (κ3) is 2.53. The first-order chi connectivity index (χ1) is 11.3. The normalized spacial score (nSPS) is 27.5. The third-order valence-electron chi connectivity index (χ3n) is 5.25. The lowest BCUT2D eigenvalue weighted by Gasteiger charge is -2.27. The number of hydrogen-bond donors (Lipinski definition) is 1. The zero-order chi connectivity index (χ0) is 15.7. The first-order valence-corrected chi connectivity index (χ1v) is 8.22. The van der Waals surface area contributed by atoms with Crippen LogP contribution in [0, 0.1) is 5.41 Å². The molecule has 0 bridgehead atoms. The smallest absolute Gasteiger partial charge is 0.228 e. The molecule has 3 heterocycles. The molecule has 1 aromatic carbocycles. The van der Waals surface area contributed by atoms with Gasteiger partial charge in [0.1, 0.15) is 0 Å². The topological polar surface area (TPSA) is 45.2 Å². The molecule has 0 radical (unpaired) electrons. The quantitative estimate of drug-likeness (QED) is 0.945. The fraction of sp³-hybridized carbons (Fsp3) is 0.368. The van der Waals surface area contributed by atoms with E-state index in [-0.39, 0.29) is 17.2 Å². The summed E-state index contributed by atoms with van der Waals surface area (Å²) in [5.74, 6) is 0.489. The molecule has 4 rings (SSSR count). The van der Waals surface area contributed by atoms with Gasteiger partial charge in [0.15, 0.2) is 0 Å². The number of nitrogens with zero attached hydrogens (tertiary/aromatic N) is 2. The van der Waals surface area contributed by atoms with E-state index in [1.807, 2.05) is 18.3 Å². The molecule has 4 nitrogen and oxygen atoms in total. The highest BCUT2D eigenvalue weighted by Crippen LogP contribution is 2.47. The monoisotopic (exact) mass is 307 g/mol. The van der Waals surface area contributed by atoms with Crippen molar-refractivity contribution in [2.24, 2.45) is 5.41 Å². The van der Waals surface area contributed by atoms with Gasteiger partial charge in [-0.3, -0.25) is 14.7 Å². The van der Waals surface area contributed by atoms with Crippen molar-refractivity contribution in [3.05, 3.63) is 66.0 Å².